The molecular formula is C14H16BrNO2. The first kappa shape index (κ1) is 13.1. The Kier molecular flexibility index (Phi) is 4.07. The van der Waals surface area contributed by atoms with Gasteiger partial charge in [0.25, 0.3) is 0 Å². The van der Waals surface area contributed by atoms with Crippen LogP contribution in [0.25, 0.3) is 6.08 Å². The van der Waals surface area contributed by atoms with Crippen molar-refractivity contribution in [2.75, 3.05) is 11.9 Å². The number of carbonyl (C=O) groups is 1. The molecular weight excluding hydrogens is 294 g/mol. The van der Waals surface area contributed by atoms with Crippen molar-refractivity contribution in [2.24, 2.45) is 0 Å². The maximum atomic E-state index is 10.6. The fourth-order valence-corrected chi connectivity index (χ4v) is 2.49. The molecule has 1 aromatic rings. The lowest BCUT2D eigenvalue weighted by Gasteiger charge is -2.37. The fraction of sp³-hybridized carbons (Fsp3) is 0.357. The number of benzene rings is 1. The van der Waals surface area contributed by atoms with Crippen molar-refractivity contribution in [3.05, 3.63) is 34.3 Å². The van der Waals surface area contributed by atoms with Gasteiger partial charge in [-0.2, -0.15) is 0 Å². The summed E-state index contributed by atoms with van der Waals surface area (Å²) in [4.78, 5) is 12.9. The zero-order valence-corrected chi connectivity index (χ0v) is 11.9. The minimum atomic E-state index is -0.924. The number of carboxylic acids is 1. The zero-order chi connectivity index (χ0) is 13.1. The van der Waals surface area contributed by atoms with Crippen molar-refractivity contribution in [2.45, 2.75) is 25.3 Å². The second-order valence-electron chi connectivity index (χ2n) is 4.57. The number of carboxylic acid groups (broad SMARTS) is 1. The standard InChI is InChI=1S/C14H16BrNO2/c1-16(12-3-2-4-12)13-7-6-11(15)9-10(13)5-8-14(17)18/h5-9,12H,2-4H2,1H3,(H,17,18)/b8-5+. The molecule has 0 radical (unpaired) electrons. The summed E-state index contributed by atoms with van der Waals surface area (Å²) in [6.07, 6.45) is 6.55. The number of rotatable bonds is 4. The number of anilines is 1. The lowest BCUT2D eigenvalue weighted by atomic mass is 9.91. The van der Waals surface area contributed by atoms with E-state index in [0.717, 1.165) is 15.7 Å². The van der Waals surface area contributed by atoms with Crippen LogP contribution < -0.4 is 4.90 Å². The Morgan fingerprint density at radius 2 is 2.22 bits per heavy atom. The average Bonchev–Trinajstić information content (AvgIpc) is 2.23. The van der Waals surface area contributed by atoms with Gasteiger partial charge in [0.15, 0.2) is 0 Å². The van der Waals surface area contributed by atoms with Crippen molar-refractivity contribution in [3.8, 4) is 0 Å². The van der Waals surface area contributed by atoms with Gasteiger partial charge >= 0.3 is 5.97 Å². The Labute approximate surface area is 115 Å². The smallest absolute Gasteiger partial charge is 0.328 e. The van der Waals surface area contributed by atoms with Crippen molar-refractivity contribution in [1.29, 1.82) is 0 Å². The molecule has 3 nitrogen and oxygen atoms in total. The first-order chi connectivity index (χ1) is 8.58. The summed E-state index contributed by atoms with van der Waals surface area (Å²) < 4.78 is 0.957. The molecule has 1 N–H and O–H groups in total. The van der Waals surface area contributed by atoms with Crippen LogP contribution in [0.4, 0.5) is 5.69 Å². The molecule has 1 saturated carbocycles. The molecule has 0 bridgehead atoms. The monoisotopic (exact) mass is 309 g/mol. The quantitative estimate of drug-likeness (QED) is 0.865. The van der Waals surface area contributed by atoms with E-state index in [1.54, 1.807) is 6.08 Å². The summed E-state index contributed by atoms with van der Waals surface area (Å²) in [5.74, 6) is -0.924. The second kappa shape index (κ2) is 5.57. The summed E-state index contributed by atoms with van der Waals surface area (Å²) in [7, 11) is 2.07. The molecule has 0 atom stereocenters. The molecule has 0 heterocycles. The van der Waals surface area contributed by atoms with Gasteiger partial charge in [0.1, 0.15) is 0 Å². The summed E-state index contributed by atoms with van der Waals surface area (Å²) in [6.45, 7) is 0. The molecule has 0 aromatic heterocycles. The molecule has 1 aliphatic carbocycles. The molecule has 1 fully saturated rings. The van der Waals surface area contributed by atoms with Crippen LogP contribution in [0.5, 0.6) is 0 Å². The van der Waals surface area contributed by atoms with Crippen LogP contribution in [-0.4, -0.2) is 24.2 Å². The van der Waals surface area contributed by atoms with Crippen molar-refractivity contribution in [3.63, 3.8) is 0 Å². The topological polar surface area (TPSA) is 40.5 Å². The van der Waals surface area contributed by atoms with Crippen LogP contribution >= 0.6 is 15.9 Å². The number of hydrogen-bond acceptors (Lipinski definition) is 2. The number of nitrogens with zero attached hydrogens (tertiary/aromatic N) is 1. The third kappa shape index (κ3) is 2.93. The SMILES string of the molecule is CN(c1ccc(Br)cc1/C=C/C(=O)O)C1CCC1. The Morgan fingerprint density at radius 3 is 2.78 bits per heavy atom. The van der Waals surface area contributed by atoms with Crippen molar-refractivity contribution < 1.29 is 9.90 Å². The van der Waals surface area contributed by atoms with Crippen LogP contribution in [0, 0.1) is 0 Å². The fourth-order valence-electron chi connectivity index (χ4n) is 2.11. The molecule has 4 heteroatoms. The molecule has 2 rings (SSSR count). The van der Waals surface area contributed by atoms with Crippen molar-refractivity contribution in [1.82, 2.24) is 0 Å². The lowest BCUT2D eigenvalue weighted by Crippen LogP contribution is -2.37. The molecule has 0 unspecified atom stereocenters. The first-order valence-electron chi connectivity index (χ1n) is 6.01. The molecule has 0 spiro atoms. The van der Waals surface area contributed by atoms with E-state index in [9.17, 15) is 4.79 Å². The third-order valence-corrected chi connectivity index (χ3v) is 3.89. The maximum absolute atomic E-state index is 10.6. The van der Waals surface area contributed by atoms with Gasteiger partial charge in [-0.1, -0.05) is 15.9 Å². The van der Waals surface area contributed by atoms with Gasteiger partial charge in [0, 0.05) is 29.3 Å². The minimum absolute atomic E-state index is 0.586. The summed E-state index contributed by atoms with van der Waals surface area (Å²) in [6, 6.07) is 6.55. The molecule has 0 aliphatic heterocycles. The molecule has 18 heavy (non-hydrogen) atoms. The molecule has 0 saturated heterocycles. The minimum Gasteiger partial charge on any atom is -0.478 e. The van der Waals surface area contributed by atoms with E-state index in [0.29, 0.717) is 6.04 Å². The summed E-state index contributed by atoms with van der Waals surface area (Å²) >= 11 is 3.42. The largest absolute Gasteiger partial charge is 0.478 e. The average molecular weight is 310 g/mol. The van der Waals surface area contributed by atoms with E-state index in [1.165, 1.54) is 25.3 Å². The molecule has 1 aliphatic rings. The normalized spacial score (nSPS) is 15.7. The predicted molar refractivity (Wildman–Crippen MR) is 76.9 cm³/mol. The summed E-state index contributed by atoms with van der Waals surface area (Å²) in [5.41, 5.74) is 2.02. The van der Waals surface area contributed by atoms with Gasteiger partial charge < -0.3 is 10.0 Å². The molecule has 1 aromatic carbocycles. The van der Waals surface area contributed by atoms with Crippen LogP contribution in [0.15, 0.2) is 28.7 Å². The maximum Gasteiger partial charge on any atom is 0.328 e. The highest BCUT2D eigenvalue weighted by atomic mass is 79.9. The van der Waals surface area contributed by atoms with E-state index >= 15 is 0 Å². The van der Waals surface area contributed by atoms with Gasteiger partial charge in [-0.15, -0.1) is 0 Å². The Bertz CT molecular complexity index is 481. The predicted octanol–water partition coefficient (Wildman–Crippen LogP) is 3.54. The van der Waals surface area contributed by atoms with Gasteiger partial charge in [-0.25, -0.2) is 4.79 Å². The highest BCUT2D eigenvalue weighted by molar-refractivity contribution is 9.10. The highest BCUT2D eigenvalue weighted by Crippen LogP contribution is 2.32. The third-order valence-electron chi connectivity index (χ3n) is 3.40. The summed E-state index contributed by atoms with van der Waals surface area (Å²) in [5, 5.41) is 8.73. The molecule has 96 valence electrons. The van der Waals surface area contributed by atoms with Crippen LogP contribution in [0.2, 0.25) is 0 Å². The highest BCUT2D eigenvalue weighted by Gasteiger charge is 2.23. The van der Waals surface area contributed by atoms with Crippen LogP contribution in [0.1, 0.15) is 24.8 Å². The van der Waals surface area contributed by atoms with E-state index in [4.69, 9.17) is 5.11 Å². The second-order valence-corrected chi connectivity index (χ2v) is 5.49. The number of aliphatic carboxylic acids is 1. The van der Waals surface area contributed by atoms with E-state index in [-0.39, 0.29) is 0 Å². The first-order valence-corrected chi connectivity index (χ1v) is 6.80. The van der Waals surface area contributed by atoms with E-state index in [1.807, 2.05) is 18.2 Å². The number of halogens is 1. The van der Waals surface area contributed by atoms with Gasteiger partial charge in [-0.05, 0) is 49.1 Å². The van der Waals surface area contributed by atoms with Crippen LogP contribution in [0.3, 0.4) is 0 Å². The van der Waals surface area contributed by atoms with Gasteiger partial charge in [-0.3, -0.25) is 0 Å². The van der Waals surface area contributed by atoms with Crippen molar-refractivity contribution >= 4 is 33.7 Å². The van der Waals surface area contributed by atoms with E-state index in [2.05, 4.69) is 27.9 Å². The lowest BCUT2D eigenvalue weighted by molar-refractivity contribution is -0.131. The van der Waals surface area contributed by atoms with Gasteiger partial charge in [0.2, 0.25) is 0 Å². The Morgan fingerprint density at radius 1 is 1.50 bits per heavy atom. The van der Waals surface area contributed by atoms with Crippen LogP contribution in [-0.2, 0) is 4.79 Å². The number of hydrogen-bond donors (Lipinski definition) is 1. The molecule has 0 amide bonds. The Hall–Kier alpha value is -1.29. The van der Waals surface area contributed by atoms with Gasteiger partial charge in [0.05, 0.1) is 0 Å². The Balaban J connectivity index is 2.30. The van der Waals surface area contributed by atoms with E-state index < -0.39 is 5.97 Å². The zero-order valence-electron chi connectivity index (χ0n) is 10.3.